The molecule has 0 bridgehead atoms. The SMILES string of the molecule is Cc1cc(N=Nc2c(O)ccc3ccccc23)c([O-])c([N+](=O)[O-])c1.Cc1cc(N=Nc2c([O-])ccc3ccccc23)c([O-])c([N+](=O)[O-])c1.[Cr+3]. The second-order valence-corrected chi connectivity index (χ2v) is 10.5. The Morgan fingerprint density at radius 3 is 1.49 bits per heavy atom. The summed E-state index contributed by atoms with van der Waals surface area (Å²) in [5.41, 5.74) is -0.0976. The van der Waals surface area contributed by atoms with Crippen molar-refractivity contribution in [1.82, 2.24) is 0 Å². The molecule has 0 heterocycles. The van der Waals surface area contributed by atoms with E-state index in [1.165, 1.54) is 36.4 Å². The molecule has 6 aromatic carbocycles. The number of phenolic OH excluding ortho intramolecular Hbond substituents is 1. The van der Waals surface area contributed by atoms with E-state index in [1.54, 1.807) is 50.2 Å². The van der Waals surface area contributed by atoms with Crippen LogP contribution in [0, 0.1) is 34.1 Å². The first kappa shape index (κ1) is 35.4. The van der Waals surface area contributed by atoms with Crippen molar-refractivity contribution in [1.29, 1.82) is 0 Å². The molecule has 0 saturated heterocycles. The van der Waals surface area contributed by atoms with Gasteiger partial charge in [-0.25, -0.2) is 0 Å². The maximum absolute atomic E-state index is 12.1. The van der Waals surface area contributed by atoms with Crippen LogP contribution in [0.2, 0.25) is 0 Å². The predicted octanol–water partition coefficient (Wildman–Crippen LogP) is 7.87. The minimum atomic E-state index is -0.831. The summed E-state index contributed by atoms with van der Waals surface area (Å²) in [6.07, 6.45) is 0. The molecule has 6 aromatic rings. The number of phenols is 1. The van der Waals surface area contributed by atoms with Gasteiger partial charge in [0, 0.05) is 34.4 Å². The van der Waals surface area contributed by atoms with Crippen molar-refractivity contribution in [3.8, 4) is 23.0 Å². The topological polar surface area (TPSA) is 225 Å². The number of aromatic hydroxyl groups is 1. The van der Waals surface area contributed by atoms with Crippen molar-refractivity contribution in [2.24, 2.45) is 20.5 Å². The van der Waals surface area contributed by atoms with Crippen molar-refractivity contribution in [3.63, 3.8) is 0 Å². The van der Waals surface area contributed by atoms with Crippen LogP contribution in [0.3, 0.4) is 0 Å². The Kier molecular flexibility index (Phi) is 10.8. The third kappa shape index (κ3) is 7.76. The van der Waals surface area contributed by atoms with E-state index in [-0.39, 0.29) is 51.6 Å². The number of azo groups is 2. The Balaban J connectivity index is 0.000000216. The van der Waals surface area contributed by atoms with Crippen molar-refractivity contribution < 1.29 is 47.6 Å². The van der Waals surface area contributed by atoms with Crippen molar-refractivity contribution in [2.75, 3.05) is 0 Å². The number of fused-ring (bicyclic) bond motifs is 2. The molecular weight excluding hydrogens is 672 g/mol. The molecule has 0 unspecified atom stereocenters. The van der Waals surface area contributed by atoms with E-state index in [1.807, 2.05) is 24.3 Å². The van der Waals surface area contributed by atoms with Gasteiger partial charge in [0.2, 0.25) is 0 Å². The van der Waals surface area contributed by atoms with Crippen molar-refractivity contribution in [2.45, 2.75) is 13.8 Å². The number of nitrogens with zero attached hydrogens (tertiary/aromatic N) is 6. The van der Waals surface area contributed by atoms with E-state index in [4.69, 9.17) is 0 Å². The molecule has 0 aromatic heterocycles. The molecule has 6 rings (SSSR count). The third-order valence-electron chi connectivity index (χ3n) is 7.04. The predicted molar refractivity (Wildman–Crippen MR) is 172 cm³/mol. The Hall–Kier alpha value is -6.43. The first-order valence-electron chi connectivity index (χ1n) is 14.1. The quantitative estimate of drug-likeness (QED) is 0.102. The van der Waals surface area contributed by atoms with Crippen LogP contribution in [-0.4, -0.2) is 15.0 Å². The van der Waals surface area contributed by atoms with Crippen LogP contribution in [0.25, 0.3) is 21.5 Å². The molecule has 0 aliphatic carbocycles. The summed E-state index contributed by atoms with van der Waals surface area (Å²) < 4.78 is 0. The number of hydrogen-bond acceptors (Lipinski definition) is 12. The number of nitro benzene ring substituents is 2. The average molecular weight is 696 g/mol. The molecule has 1 radical (unpaired) electrons. The summed E-state index contributed by atoms with van der Waals surface area (Å²) in [6.45, 7) is 3.24. The molecule has 0 atom stereocenters. The molecule has 1 N–H and O–H groups in total. The first-order valence-corrected chi connectivity index (χ1v) is 14.1. The van der Waals surface area contributed by atoms with Gasteiger partial charge in [-0.3, -0.25) is 20.2 Å². The summed E-state index contributed by atoms with van der Waals surface area (Å²) in [7, 11) is 0. The van der Waals surface area contributed by atoms with Gasteiger partial charge >= 0.3 is 17.4 Å². The Bertz CT molecular complexity index is 2130. The third-order valence-corrected chi connectivity index (χ3v) is 7.04. The zero-order chi connectivity index (χ0) is 34.5. The monoisotopic (exact) mass is 695 g/mol. The summed E-state index contributed by atoms with van der Waals surface area (Å²) in [6, 6.07) is 25.8. The summed E-state index contributed by atoms with van der Waals surface area (Å²) in [4.78, 5) is 20.3. The van der Waals surface area contributed by atoms with E-state index in [2.05, 4.69) is 20.5 Å². The van der Waals surface area contributed by atoms with E-state index in [0.717, 1.165) is 10.8 Å². The molecule has 0 fully saturated rings. The minimum Gasteiger partial charge on any atom is -0.871 e. The van der Waals surface area contributed by atoms with Crippen LogP contribution in [0.4, 0.5) is 34.1 Å². The number of nitro groups is 2. The van der Waals surface area contributed by atoms with Crippen molar-refractivity contribution in [3.05, 3.63) is 128 Å². The minimum absolute atomic E-state index is 0. The smallest absolute Gasteiger partial charge is 0.871 e. The van der Waals surface area contributed by atoms with Crippen LogP contribution in [-0.2, 0) is 17.4 Å². The molecule has 14 nitrogen and oxygen atoms in total. The van der Waals surface area contributed by atoms with Crippen LogP contribution < -0.4 is 15.3 Å². The van der Waals surface area contributed by atoms with Gasteiger partial charge in [0.15, 0.2) is 0 Å². The second-order valence-electron chi connectivity index (χ2n) is 10.5. The molecule has 0 aliphatic heterocycles. The fourth-order valence-electron chi connectivity index (χ4n) is 4.79. The molecule has 243 valence electrons. The van der Waals surface area contributed by atoms with Gasteiger partial charge in [0.05, 0.1) is 26.9 Å². The Morgan fingerprint density at radius 1 is 0.571 bits per heavy atom. The fourth-order valence-corrected chi connectivity index (χ4v) is 4.79. The molecule has 0 spiro atoms. The van der Waals surface area contributed by atoms with Gasteiger partial charge in [-0.15, -0.1) is 5.11 Å². The van der Waals surface area contributed by atoms with Crippen LogP contribution in [0.5, 0.6) is 23.0 Å². The number of benzene rings is 6. The molecule has 0 saturated carbocycles. The van der Waals surface area contributed by atoms with E-state index in [0.29, 0.717) is 21.9 Å². The summed E-state index contributed by atoms with van der Waals surface area (Å²) >= 11 is 0. The summed E-state index contributed by atoms with van der Waals surface area (Å²) in [5.74, 6) is -2.07. The van der Waals surface area contributed by atoms with Crippen LogP contribution in [0.15, 0.2) is 118 Å². The largest absolute Gasteiger partial charge is 3.00 e. The summed E-state index contributed by atoms with van der Waals surface area (Å²) in [5, 5.41) is 86.4. The molecule has 15 heteroatoms. The number of aryl methyl sites for hydroxylation is 2. The first-order chi connectivity index (χ1) is 22.9. The van der Waals surface area contributed by atoms with Gasteiger partial charge in [-0.1, -0.05) is 72.5 Å². The van der Waals surface area contributed by atoms with Gasteiger partial charge in [-0.05, 0) is 53.9 Å². The fraction of sp³-hybridized carbons (Fsp3) is 0.0588. The maximum Gasteiger partial charge on any atom is 3.00 e. The Morgan fingerprint density at radius 2 is 1.00 bits per heavy atom. The number of rotatable bonds is 6. The van der Waals surface area contributed by atoms with Gasteiger partial charge < -0.3 is 20.4 Å². The Labute approximate surface area is 288 Å². The molecule has 49 heavy (non-hydrogen) atoms. The molecule has 0 aliphatic rings. The van der Waals surface area contributed by atoms with Gasteiger partial charge in [0.1, 0.15) is 11.4 Å². The second kappa shape index (κ2) is 15.0. The maximum atomic E-state index is 12.1. The van der Waals surface area contributed by atoms with Gasteiger partial charge in [-0.2, -0.15) is 15.3 Å². The van der Waals surface area contributed by atoms with E-state index < -0.39 is 32.7 Å². The van der Waals surface area contributed by atoms with Gasteiger partial charge in [0.25, 0.3) is 11.4 Å². The molecule has 0 amide bonds. The average Bonchev–Trinajstić information content (AvgIpc) is 3.06. The van der Waals surface area contributed by atoms with Crippen LogP contribution >= 0.6 is 0 Å². The molecular formula is C34H23CrN6O8. The number of hydrogen-bond donors (Lipinski definition) is 1. The normalized spacial score (nSPS) is 11.0. The van der Waals surface area contributed by atoms with Crippen molar-refractivity contribution >= 4 is 55.7 Å². The van der Waals surface area contributed by atoms with E-state index >= 15 is 0 Å². The zero-order valence-electron chi connectivity index (χ0n) is 25.6. The van der Waals surface area contributed by atoms with Crippen LogP contribution in [0.1, 0.15) is 11.1 Å². The zero-order valence-corrected chi connectivity index (χ0v) is 26.9. The van der Waals surface area contributed by atoms with E-state index in [9.17, 15) is 40.7 Å². The standard InChI is InChI=1S/2C17H13N3O4.Cr/c2*1-10-8-13(17(22)14(9-10)20(23)24)18-19-16-12-5-3-2-4-11(12)6-7-15(16)21;/h2*2-9,21-22H,1H3;/q;;+3/p-3.